The molecule has 1 atom stereocenters. The Morgan fingerprint density at radius 2 is 1.84 bits per heavy atom. The van der Waals surface area contributed by atoms with Gasteiger partial charge in [0.05, 0.1) is 18.8 Å². The molecule has 1 unspecified atom stereocenters. The fraction of sp³-hybridized carbons (Fsp3) is 0.913. The fourth-order valence-corrected chi connectivity index (χ4v) is 4.85. The molecular weight excluding hydrogens is 521 g/mol. The second-order valence-electron chi connectivity index (χ2n) is 9.21. The first kappa shape index (κ1) is 27.6. The Bertz CT molecular complexity index is 558. The number of hydrogen-bond donors (Lipinski definition) is 2. The average molecular weight is 566 g/mol. The van der Waals surface area contributed by atoms with Crippen LogP contribution in [-0.2, 0) is 14.3 Å². The summed E-state index contributed by atoms with van der Waals surface area (Å²) in [5.41, 5.74) is 5.42. The third-order valence-corrected chi connectivity index (χ3v) is 6.92. The summed E-state index contributed by atoms with van der Waals surface area (Å²) < 4.78 is 11.9. The van der Waals surface area contributed by atoms with E-state index in [1.165, 1.54) is 12.8 Å². The molecule has 3 rings (SSSR count). The Kier molecular flexibility index (Phi) is 13.2. The summed E-state index contributed by atoms with van der Waals surface area (Å²) in [5.74, 6) is 0.955. The van der Waals surface area contributed by atoms with Crippen LogP contribution in [0.25, 0.3) is 0 Å². The minimum atomic E-state index is -0.135. The van der Waals surface area contributed by atoms with Crippen LogP contribution in [0.5, 0.6) is 0 Å². The molecule has 0 spiro atoms. The second kappa shape index (κ2) is 15.3. The summed E-state index contributed by atoms with van der Waals surface area (Å²) in [4.78, 5) is 20.6. The van der Waals surface area contributed by atoms with Crippen LogP contribution in [0.1, 0.15) is 57.8 Å². The Hall–Kier alpha value is -0.650. The molecule has 0 aliphatic carbocycles. The Labute approximate surface area is 211 Å². The van der Waals surface area contributed by atoms with E-state index >= 15 is 0 Å². The molecule has 3 heterocycles. The molecule has 3 aliphatic heterocycles. The highest BCUT2D eigenvalue weighted by Gasteiger charge is 2.24. The summed E-state index contributed by atoms with van der Waals surface area (Å²) in [6.45, 7) is 7.65. The number of carbonyl (C=O) groups excluding carboxylic acids is 1. The predicted molar refractivity (Wildman–Crippen MR) is 139 cm³/mol. The number of nitrogens with zero attached hydrogens (tertiary/aromatic N) is 3. The highest BCUT2D eigenvalue weighted by atomic mass is 127. The van der Waals surface area contributed by atoms with Gasteiger partial charge in [-0.1, -0.05) is 0 Å². The number of halogens is 1. The van der Waals surface area contributed by atoms with Gasteiger partial charge < -0.3 is 30.3 Å². The maximum Gasteiger partial charge on any atom is 0.220 e. The van der Waals surface area contributed by atoms with Gasteiger partial charge in [-0.25, -0.2) is 0 Å². The van der Waals surface area contributed by atoms with Crippen molar-refractivity contribution in [1.82, 2.24) is 15.1 Å². The number of ether oxygens (including phenoxy) is 2. The van der Waals surface area contributed by atoms with Gasteiger partial charge in [-0.15, -0.1) is 24.0 Å². The zero-order chi connectivity index (χ0) is 21.9. The number of primary amides is 1. The first-order chi connectivity index (χ1) is 15.2. The smallest absolute Gasteiger partial charge is 0.220 e. The van der Waals surface area contributed by atoms with Crippen LogP contribution >= 0.6 is 24.0 Å². The van der Waals surface area contributed by atoms with E-state index in [0.717, 1.165) is 103 Å². The summed E-state index contributed by atoms with van der Waals surface area (Å²) in [6, 6.07) is 0. The summed E-state index contributed by atoms with van der Waals surface area (Å²) in [7, 11) is 1.87. The van der Waals surface area contributed by atoms with Crippen LogP contribution in [0.4, 0.5) is 0 Å². The van der Waals surface area contributed by atoms with Gasteiger partial charge in [0.2, 0.25) is 5.91 Å². The molecule has 186 valence electrons. The lowest BCUT2D eigenvalue weighted by Crippen LogP contribution is -2.47. The summed E-state index contributed by atoms with van der Waals surface area (Å²) in [6.07, 6.45) is 10.4. The molecule has 9 heteroatoms. The van der Waals surface area contributed by atoms with Gasteiger partial charge in [-0.05, 0) is 77.4 Å². The maximum atomic E-state index is 11.3. The normalized spacial score (nSPS) is 24.2. The highest BCUT2D eigenvalue weighted by molar-refractivity contribution is 14.0. The van der Waals surface area contributed by atoms with E-state index in [1.807, 2.05) is 7.05 Å². The molecule has 1 amide bonds. The number of aliphatic imine (C=N–C) groups is 1. The van der Waals surface area contributed by atoms with Crippen molar-refractivity contribution in [2.24, 2.45) is 16.6 Å². The van der Waals surface area contributed by atoms with Crippen molar-refractivity contribution in [1.29, 1.82) is 0 Å². The molecule has 8 nitrogen and oxygen atoms in total. The number of likely N-dealkylation sites (tertiary alicyclic amines) is 2. The van der Waals surface area contributed by atoms with Crippen LogP contribution in [0.15, 0.2) is 4.99 Å². The number of rotatable bonds is 9. The minimum Gasteiger partial charge on any atom is -0.376 e. The average Bonchev–Trinajstić information content (AvgIpc) is 2.81. The van der Waals surface area contributed by atoms with E-state index < -0.39 is 0 Å². The number of hydrogen-bond acceptors (Lipinski definition) is 5. The van der Waals surface area contributed by atoms with Crippen molar-refractivity contribution < 1.29 is 14.3 Å². The zero-order valence-electron chi connectivity index (χ0n) is 19.8. The van der Waals surface area contributed by atoms with E-state index in [2.05, 4.69) is 20.1 Å². The maximum absolute atomic E-state index is 11.3. The number of guanidine groups is 1. The molecular formula is C23H44IN5O3. The molecule has 3 saturated heterocycles. The first-order valence-electron chi connectivity index (χ1n) is 12.4. The van der Waals surface area contributed by atoms with Gasteiger partial charge in [0.1, 0.15) is 0 Å². The largest absolute Gasteiger partial charge is 0.376 e. The summed E-state index contributed by atoms with van der Waals surface area (Å²) >= 11 is 0. The van der Waals surface area contributed by atoms with Gasteiger partial charge >= 0.3 is 0 Å². The van der Waals surface area contributed by atoms with Crippen LogP contribution in [0, 0.1) is 5.92 Å². The topological polar surface area (TPSA) is 92.4 Å². The Morgan fingerprint density at radius 1 is 1.09 bits per heavy atom. The van der Waals surface area contributed by atoms with Gasteiger partial charge in [-0.2, -0.15) is 0 Å². The predicted octanol–water partition coefficient (Wildman–Crippen LogP) is 2.21. The lowest BCUT2D eigenvalue weighted by molar-refractivity contribution is -0.123. The van der Waals surface area contributed by atoms with E-state index in [9.17, 15) is 4.79 Å². The van der Waals surface area contributed by atoms with Crippen molar-refractivity contribution in [2.75, 3.05) is 59.5 Å². The molecule has 3 fully saturated rings. The summed E-state index contributed by atoms with van der Waals surface area (Å²) in [5, 5.41) is 3.53. The molecule has 0 saturated carbocycles. The molecule has 3 N–H and O–H groups in total. The lowest BCUT2D eigenvalue weighted by Gasteiger charge is -2.35. The van der Waals surface area contributed by atoms with Crippen molar-refractivity contribution in [3.8, 4) is 0 Å². The number of carbonyl (C=O) groups is 1. The monoisotopic (exact) mass is 565 g/mol. The fourth-order valence-electron chi connectivity index (χ4n) is 4.85. The van der Waals surface area contributed by atoms with Gasteiger partial charge in [0.25, 0.3) is 0 Å². The zero-order valence-corrected chi connectivity index (χ0v) is 22.1. The Morgan fingerprint density at radius 3 is 2.47 bits per heavy atom. The van der Waals surface area contributed by atoms with Crippen LogP contribution < -0.4 is 11.1 Å². The third-order valence-electron chi connectivity index (χ3n) is 6.92. The second-order valence-corrected chi connectivity index (χ2v) is 9.21. The standard InChI is InChI=1S/C23H43N5O3.HI/c1-25-23(26-11-3-4-12-27-13-7-19(8-14-27)22(24)29)28-15-9-20(10-16-28)31-18-21-6-2-5-17-30-21;/h19-21H,2-18H2,1H3,(H2,24,29)(H,25,26);1H. The SMILES string of the molecule is CN=C(NCCCCN1CCC(C(N)=O)CC1)N1CCC(OCC2CCCCO2)CC1.I. The van der Waals surface area contributed by atoms with Crippen molar-refractivity contribution in [3.63, 3.8) is 0 Å². The van der Waals surface area contributed by atoms with E-state index in [4.69, 9.17) is 15.2 Å². The van der Waals surface area contributed by atoms with E-state index in [1.54, 1.807) is 0 Å². The van der Waals surface area contributed by atoms with Crippen molar-refractivity contribution in [3.05, 3.63) is 0 Å². The highest BCUT2D eigenvalue weighted by Crippen LogP contribution is 2.18. The molecule has 0 aromatic heterocycles. The van der Waals surface area contributed by atoms with Crippen LogP contribution in [0.2, 0.25) is 0 Å². The molecule has 0 radical (unpaired) electrons. The number of unbranched alkanes of at least 4 members (excludes halogenated alkanes) is 1. The van der Waals surface area contributed by atoms with E-state index in [-0.39, 0.29) is 35.8 Å². The quantitative estimate of drug-likeness (QED) is 0.193. The molecule has 32 heavy (non-hydrogen) atoms. The molecule has 3 aliphatic rings. The van der Waals surface area contributed by atoms with Crippen LogP contribution in [-0.4, -0.2) is 93.4 Å². The number of nitrogens with one attached hydrogen (secondary N) is 1. The third kappa shape index (κ3) is 9.30. The Balaban J connectivity index is 0.00000363. The van der Waals surface area contributed by atoms with Gasteiger partial charge in [0.15, 0.2) is 5.96 Å². The van der Waals surface area contributed by atoms with Crippen molar-refractivity contribution >= 4 is 35.8 Å². The lowest BCUT2D eigenvalue weighted by atomic mass is 9.96. The number of piperidine rings is 2. The van der Waals surface area contributed by atoms with Gasteiger partial charge in [0, 0.05) is 39.2 Å². The molecule has 0 bridgehead atoms. The van der Waals surface area contributed by atoms with E-state index in [0.29, 0.717) is 12.2 Å². The van der Waals surface area contributed by atoms with Crippen LogP contribution in [0.3, 0.4) is 0 Å². The number of nitrogens with two attached hydrogens (primary N) is 1. The van der Waals surface area contributed by atoms with Crippen molar-refractivity contribution in [2.45, 2.75) is 70.0 Å². The molecule has 0 aromatic carbocycles. The minimum absolute atomic E-state index is 0. The first-order valence-corrected chi connectivity index (χ1v) is 12.4. The van der Waals surface area contributed by atoms with Gasteiger partial charge in [-0.3, -0.25) is 9.79 Å². The number of amides is 1. The molecule has 0 aromatic rings.